The molecule has 3 aromatic carbocycles. The molecule has 0 aliphatic carbocycles. The molecule has 7 heteroatoms. The van der Waals surface area contributed by atoms with Crippen LogP contribution in [0.1, 0.15) is 21.3 Å². The van der Waals surface area contributed by atoms with E-state index in [0.29, 0.717) is 27.7 Å². The van der Waals surface area contributed by atoms with E-state index >= 15 is 0 Å². The fraction of sp³-hybridized carbons (Fsp3) is 0.0909. The molecule has 0 radical (unpaired) electrons. The van der Waals surface area contributed by atoms with Gasteiger partial charge in [0.1, 0.15) is 11.2 Å². The highest BCUT2D eigenvalue weighted by Gasteiger charge is 2.34. The maximum absolute atomic E-state index is 13.3. The van der Waals surface area contributed by atoms with Crippen molar-refractivity contribution in [1.29, 1.82) is 0 Å². The average Bonchev–Trinajstić information content (AvgIpc) is 3.10. The van der Waals surface area contributed by atoms with Crippen molar-refractivity contribution in [3.8, 4) is 0 Å². The number of hydrogen-bond acceptors (Lipinski definition) is 3. The molecule has 0 bridgehead atoms. The highest BCUT2D eigenvalue weighted by Crippen LogP contribution is 2.42. The van der Waals surface area contributed by atoms with E-state index in [9.17, 15) is 14.0 Å². The number of hydrogen-bond donors (Lipinski definition) is 1. The topological polar surface area (TPSA) is 49.4 Å². The van der Waals surface area contributed by atoms with Crippen molar-refractivity contribution in [3.05, 3.63) is 94.8 Å². The molecule has 1 unspecified atom stereocenters. The fourth-order valence-corrected chi connectivity index (χ4v) is 4.51. The van der Waals surface area contributed by atoms with Gasteiger partial charge in [-0.1, -0.05) is 29.8 Å². The van der Waals surface area contributed by atoms with E-state index in [1.807, 2.05) is 18.2 Å². The third kappa shape index (κ3) is 4.28. The van der Waals surface area contributed by atoms with Crippen molar-refractivity contribution in [1.82, 2.24) is 0 Å². The fourth-order valence-electron chi connectivity index (χ4n) is 3.15. The molecule has 1 N–H and O–H groups in total. The Balaban J connectivity index is 1.58. The molecule has 0 saturated carbocycles. The second-order valence-corrected chi connectivity index (χ2v) is 8.00. The van der Waals surface area contributed by atoms with Crippen molar-refractivity contribution in [2.45, 2.75) is 5.37 Å². The summed E-state index contributed by atoms with van der Waals surface area (Å²) >= 11 is 7.45. The van der Waals surface area contributed by atoms with Crippen LogP contribution in [-0.2, 0) is 4.79 Å². The molecule has 4 nitrogen and oxygen atoms in total. The number of nitrogens with zero attached hydrogens (tertiary/aromatic N) is 1. The first-order valence-electron chi connectivity index (χ1n) is 8.87. The summed E-state index contributed by atoms with van der Waals surface area (Å²) in [6.45, 7) is 0. The summed E-state index contributed by atoms with van der Waals surface area (Å²) in [5.74, 6) is -0.327. The molecule has 1 aliphatic heterocycles. The number of benzene rings is 3. The van der Waals surface area contributed by atoms with Gasteiger partial charge in [-0.05, 0) is 60.2 Å². The zero-order valence-corrected chi connectivity index (χ0v) is 16.7. The molecule has 1 fully saturated rings. The first kappa shape index (κ1) is 19.5. The summed E-state index contributed by atoms with van der Waals surface area (Å²) in [6, 6.07) is 19.9. The number of nitrogens with one attached hydrogen (secondary N) is 1. The molecule has 1 heterocycles. The van der Waals surface area contributed by atoms with Crippen LogP contribution in [-0.4, -0.2) is 17.6 Å². The molecule has 0 spiro atoms. The van der Waals surface area contributed by atoms with Crippen LogP contribution in [0.5, 0.6) is 0 Å². The lowest BCUT2D eigenvalue weighted by atomic mass is 10.1. The Morgan fingerprint density at radius 3 is 2.59 bits per heavy atom. The molecule has 1 atom stereocenters. The van der Waals surface area contributed by atoms with E-state index in [-0.39, 0.29) is 23.0 Å². The van der Waals surface area contributed by atoms with E-state index in [1.165, 1.54) is 23.9 Å². The molecule has 1 saturated heterocycles. The van der Waals surface area contributed by atoms with Crippen LogP contribution in [0.4, 0.5) is 15.8 Å². The Bertz CT molecular complexity index is 1070. The lowest BCUT2D eigenvalue weighted by Gasteiger charge is -2.24. The Labute approximate surface area is 176 Å². The molecular formula is C22H16ClFN2O2S. The van der Waals surface area contributed by atoms with Gasteiger partial charge in [-0.15, -0.1) is 11.8 Å². The highest BCUT2D eigenvalue weighted by molar-refractivity contribution is 8.00. The minimum absolute atomic E-state index is 0.0417. The Morgan fingerprint density at radius 2 is 1.83 bits per heavy atom. The van der Waals surface area contributed by atoms with Crippen LogP contribution in [0.2, 0.25) is 5.02 Å². The van der Waals surface area contributed by atoms with E-state index in [4.69, 9.17) is 11.6 Å². The molecular weight excluding hydrogens is 411 g/mol. The molecule has 1 aliphatic rings. The molecule has 3 aromatic rings. The van der Waals surface area contributed by atoms with Crippen molar-refractivity contribution < 1.29 is 14.0 Å². The van der Waals surface area contributed by atoms with Crippen LogP contribution in [0.25, 0.3) is 0 Å². The Morgan fingerprint density at radius 1 is 1.07 bits per heavy atom. The maximum Gasteiger partial charge on any atom is 0.255 e. The van der Waals surface area contributed by atoms with Crippen molar-refractivity contribution in [2.24, 2.45) is 0 Å². The molecule has 4 rings (SSSR count). The smallest absolute Gasteiger partial charge is 0.255 e. The predicted octanol–water partition coefficient (Wildman–Crippen LogP) is 5.51. The second kappa shape index (κ2) is 8.27. The van der Waals surface area contributed by atoms with Gasteiger partial charge in [0.25, 0.3) is 5.91 Å². The number of amides is 2. The largest absolute Gasteiger partial charge is 0.322 e. The summed E-state index contributed by atoms with van der Waals surface area (Å²) in [6.07, 6.45) is 0. The van der Waals surface area contributed by atoms with E-state index in [2.05, 4.69) is 5.32 Å². The SMILES string of the molecule is O=C(Nc1cccc(C2SCC(=O)N2c2ccc(F)cc2)c1)c1cccc(Cl)c1. The van der Waals surface area contributed by atoms with E-state index < -0.39 is 0 Å². The number of halogens is 2. The number of anilines is 2. The molecule has 29 heavy (non-hydrogen) atoms. The normalized spacial score (nSPS) is 16.1. The van der Waals surface area contributed by atoms with E-state index in [1.54, 1.807) is 47.4 Å². The molecule has 2 amide bonds. The lowest BCUT2D eigenvalue weighted by Crippen LogP contribution is -2.27. The summed E-state index contributed by atoms with van der Waals surface area (Å²) in [4.78, 5) is 26.6. The van der Waals surface area contributed by atoms with Gasteiger partial charge >= 0.3 is 0 Å². The van der Waals surface area contributed by atoms with Gasteiger partial charge in [0, 0.05) is 22.0 Å². The van der Waals surface area contributed by atoms with Crippen LogP contribution in [0.15, 0.2) is 72.8 Å². The third-order valence-electron chi connectivity index (χ3n) is 4.49. The zero-order valence-electron chi connectivity index (χ0n) is 15.1. The van der Waals surface area contributed by atoms with Crippen LogP contribution >= 0.6 is 23.4 Å². The monoisotopic (exact) mass is 426 g/mol. The minimum Gasteiger partial charge on any atom is -0.322 e. The van der Waals surface area contributed by atoms with E-state index in [0.717, 1.165) is 5.56 Å². The maximum atomic E-state index is 13.3. The summed E-state index contributed by atoms with van der Waals surface area (Å²) < 4.78 is 13.3. The van der Waals surface area contributed by atoms with Crippen LogP contribution in [0, 0.1) is 5.82 Å². The van der Waals surface area contributed by atoms with Crippen LogP contribution in [0.3, 0.4) is 0 Å². The van der Waals surface area contributed by atoms with Gasteiger partial charge in [-0.3, -0.25) is 14.5 Å². The average molecular weight is 427 g/mol. The summed E-state index contributed by atoms with van der Waals surface area (Å²) in [5, 5.41) is 3.10. The summed E-state index contributed by atoms with van der Waals surface area (Å²) in [5.41, 5.74) is 2.58. The highest BCUT2D eigenvalue weighted by atomic mass is 35.5. The number of carbonyl (C=O) groups is 2. The van der Waals surface area contributed by atoms with Gasteiger partial charge in [0.2, 0.25) is 5.91 Å². The first-order valence-corrected chi connectivity index (χ1v) is 10.3. The number of rotatable bonds is 4. The third-order valence-corrected chi connectivity index (χ3v) is 5.94. The van der Waals surface area contributed by atoms with Gasteiger partial charge in [0.15, 0.2) is 0 Å². The van der Waals surface area contributed by atoms with Gasteiger partial charge in [-0.2, -0.15) is 0 Å². The van der Waals surface area contributed by atoms with Gasteiger partial charge < -0.3 is 5.32 Å². The molecule has 146 valence electrons. The van der Waals surface area contributed by atoms with Crippen molar-refractivity contribution >= 4 is 46.6 Å². The predicted molar refractivity (Wildman–Crippen MR) is 115 cm³/mol. The van der Waals surface area contributed by atoms with Crippen molar-refractivity contribution in [3.63, 3.8) is 0 Å². The van der Waals surface area contributed by atoms with Gasteiger partial charge in [-0.25, -0.2) is 4.39 Å². The Hall–Kier alpha value is -2.83. The molecule has 0 aromatic heterocycles. The quantitative estimate of drug-likeness (QED) is 0.598. The second-order valence-electron chi connectivity index (χ2n) is 6.49. The van der Waals surface area contributed by atoms with Crippen LogP contribution < -0.4 is 10.2 Å². The first-order chi connectivity index (χ1) is 14.0. The Kier molecular flexibility index (Phi) is 5.56. The lowest BCUT2D eigenvalue weighted by molar-refractivity contribution is -0.115. The van der Waals surface area contributed by atoms with Gasteiger partial charge in [0.05, 0.1) is 5.75 Å². The standard InChI is InChI=1S/C22H16ClFN2O2S/c23-16-5-1-3-14(11-16)21(28)25-18-6-2-4-15(12-18)22-26(20(27)13-29-22)19-9-7-17(24)8-10-19/h1-12,22H,13H2,(H,25,28). The minimum atomic E-state index is -0.352. The number of thioether (sulfide) groups is 1. The van der Waals surface area contributed by atoms with Crippen molar-refractivity contribution in [2.75, 3.05) is 16.0 Å². The zero-order chi connectivity index (χ0) is 20.4. The summed E-state index contributed by atoms with van der Waals surface area (Å²) in [7, 11) is 0. The number of carbonyl (C=O) groups excluding carboxylic acids is 2.